The number of thioether (sulfide) groups is 1. The predicted molar refractivity (Wildman–Crippen MR) is 90.6 cm³/mol. The van der Waals surface area contributed by atoms with Crippen LogP contribution in [0.2, 0.25) is 0 Å². The highest BCUT2D eigenvalue weighted by atomic mass is 32.2. The Bertz CT molecular complexity index is 603. The number of aromatic nitrogens is 2. The van der Waals surface area contributed by atoms with Crippen molar-refractivity contribution in [3.63, 3.8) is 0 Å². The molecular formula is C15H21N5O2S. The molecule has 0 aliphatic carbocycles. The standard InChI is InChI=1S/C15H21N5O2S/c1-20(9-10-2-5-16-6-3-10)14-17-7-4-11(18-14)8-12-13(21)19-15(22)23-12/h4,7-8,10,15-16,22H,2-3,5-6,9H2,1H3,(H,19,21). The van der Waals surface area contributed by atoms with Crippen molar-refractivity contribution >= 4 is 29.7 Å². The number of hydrogen-bond donors (Lipinski definition) is 3. The van der Waals surface area contributed by atoms with Crippen molar-refractivity contribution < 1.29 is 9.90 Å². The van der Waals surface area contributed by atoms with E-state index in [0.717, 1.165) is 31.4 Å². The number of carbonyl (C=O) groups excluding carboxylic acids is 1. The number of anilines is 1. The summed E-state index contributed by atoms with van der Waals surface area (Å²) in [5, 5.41) is 15.2. The first-order valence-electron chi connectivity index (χ1n) is 7.74. The van der Waals surface area contributed by atoms with Gasteiger partial charge in [-0.25, -0.2) is 9.97 Å². The lowest BCUT2D eigenvalue weighted by molar-refractivity contribution is -0.117. The monoisotopic (exact) mass is 335 g/mol. The molecule has 3 rings (SSSR count). The Morgan fingerprint density at radius 1 is 1.48 bits per heavy atom. The molecule has 2 saturated heterocycles. The molecule has 2 aliphatic rings. The van der Waals surface area contributed by atoms with Gasteiger partial charge in [0.15, 0.2) is 5.56 Å². The Morgan fingerprint density at radius 2 is 2.26 bits per heavy atom. The Hall–Kier alpha value is -1.64. The minimum absolute atomic E-state index is 0.272. The number of aliphatic hydroxyl groups is 1. The Kier molecular flexibility index (Phi) is 5.14. The lowest BCUT2D eigenvalue weighted by Gasteiger charge is -2.27. The van der Waals surface area contributed by atoms with Crippen molar-refractivity contribution in [1.82, 2.24) is 20.6 Å². The van der Waals surface area contributed by atoms with Gasteiger partial charge in [0.25, 0.3) is 5.91 Å². The molecule has 8 heteroatoms. The van der Waals surface area contributed by atoms with Crippen LogP contribution in [0.3, 0.4) is 0 Å². The number of piperidine rings is 1. The van der Waals surface area contributed by atoms with Crippen LogP contribution in [-0.2, 0) is 4.79 Å². The summed E-state index contributed by atoms with van der Waals surface area (Å²) >= 11 is 1.09. The Labute approximate surface area is 139 Å². The second-order valence-electron chi connectivity index (χ2n) is 5.81. The van der Waals surface area contributed by atoms with Gasteiger partial charge in [-0.05, 0) is 44.0 Å². The fourth-order valence-corrected chi connectivity index (χ4v) is 3.54. The van der Waals surface area contributed by atoms with Gasteiger partial charge in [0.1, 0.15) is 0 Å². The van der Waals surface area contributed by atoms with E-state index in [0.29, 0.717) is 22.5 Å². The highest BCUT2D eigenvalue weighted by molar-refractivity contribution is 8.05. The Balaban J connectivity index is 1.69. The molecule has 2 aliphatic heterocycles. The van der Waals surface area contributed by atoms with Gasteiger partial charge < -0.3 is 20.6 Å². The molecule has 0 bridgehead atoms. The van der Waals surface area contributed by atoms with Crippen LogP contribution in [0, 0.1) is 5.92 Å². The molecule has 1 amide bonds. The zero-order chi connectivity index (χ0) is 16.2. The van der Waals surface area contributed by atoms with Crippen LogP contribution in [0.5, 0.6) is 0 Å². The highest BCUT2D eigenvalue weighted by Gasteiger charge is 2.25. The second kappa shape index (κ2) is 7.29. The molecule has 0 aromatic carbocycles. The van der Waals surface area contributed by atoms with Crippen LogP contribution >= 0.6 is 11.8 Å². The molecule has 23 heavy (non-hydrogen) atoms. The van der Waals surface area contributed by atoms with Crippen LogP contribution < -0.4 is 15.5 Å². The zero-order valence-electron chi connectivity index (χ0n) is 13.0. The lowest BCUT2D eigenvalue weighted by Crippen LogP contribution is -2.35. The molecule has 7 nitrogen and oxygen atoms in total. The third kappa shape index (κ3) is 4.21. The van der Waals surface area contributed by atoms with Crippen molar-refractivity contribution in [3.8, 4) is 0 Å². The van der Waals surface area contributed by atoms with E-state index in [1.165, 1.54) is 12.8 Å². The maximum atomic E-state index is 11.7. The Morgan fingerprint density at radius 3 is 2.96 bits per heavy atom. The van der Waals surface area contributed by atoms with E-state index >= 15 is 0 Å². The van der Waals surface area contributed by atoms with Crippen LogP contribution in [0.25, 0.3) is 6.08 Å². The molecule has 0 spiro atoms. The maximum absolute atomic E-state index is 11.7. The number of carbonyl (C=O) groups is 1. The van der Waals surface area contributed by atoms with Crippen LogP contribution in [-0.4, -0.2) is 53.2 Å². The minimum Gasteiger partial charge on any atom is -0.364 e. The normalized spacial score (nSPS) is 24.0. The number of nitrogens with zero attached hydrogens (tertiary/aromatic N) is 3. The number of amides is 1. The first-order valence-corrected chi connectivity index (χ1v) is 8.62. The summed E-state index contributed by atoms with van der Waals surface area (Å²) in [6.07, 6.45) is 5.72. The molecule has 0 radical (unpaired) electrons. The van der Waals surface area contributed by atoms with E-state index in [1.54, 1.807) is 18.3 Å². The number of hydrogen-bond acceptors (Lipinski definition) is 7. The molecule has 2 fully saturated rings. The van der Waals surface area contributed by atoms with Gasteiger partial charge in [-0.1, -0.05) is 11.8 Å². The fraction of sp³-hybridized carbons (Fsp3) is 0.533. The summed E-state index contributed by atoms with van der Waals surface area (Å²) in [5.41, 5.74) is -0.212. The van der Waals surface area contributed by atoms with E-state index in [-0.39, 0.29) is 5.91 Å². The van der Waals surface area contributed by atoms with E-state index in [9.17, 15) is 9.90 Å². The molecule has 124 valence electrons. The van der Waals surface area contributed by atoms with Crippen molar-refractivity contribution in [2.45, 2.75) is 18.4 Å². The van der Waals surface area contributed by atoms with Crippen LogP contribution in [0.4, 0.5) is 5.95 Å². The molecule has 1 aromatic heterocycles. The lowest BCUT2D eigenvalue weighted by atomic mass is 9.98. The number of nitrogens with one attached hydrogen (secondary N) is 2. The van der Waals surface area contributed by atoms with Crippen molar-refractivity contribution in [3.05, 3.63) is 22.9 Å². The summed E-state index contributed by atoms with van der Waals surface area (Å²) in [4.78, 5) is 23.0. The van der Waals surface area contributed by atoms with Gasteiger partial charge in [0, 0.05) is 19.8 Å². The zero-order valence-corrected chi connectivity index (χ0v) is 13.8. The van der Waals surface area contributed by atoms with Gasteiger partial charge in [-0.2, -0.15) is 0 Å². The van der Waals surface area contributed by atoms with E-state index in [4.69, 9.17) is 0 Å². The first kappa shape index (κ1) is 16.2. The fourth-order valence-electron chi connectivity index (χ4n) is 2.78. The van der Waals surface area contributed by atoms with Crippen molar-refractivity contribution in [2.24, 2.45) is 5.92 Å². The quantitative estimate of drug-likeness (QED) is 0.686. The predicted octanol–water partition coefficient (Wildman–Crippen LogP) is 0.392. The summed E-state index contributed by atoms with van der Waals surface area (Å²) in [6.45, 7) is 3.07. The topological polar surface area (TPSA) is 90.4 Å². The summed E-state index contributed by atoms with van der Waals surface area (Å²) < 4.78 is 0. The summed E-state index contributed by atoms with van der Waals surface area (Å²) in [5.74, 6) is 1.03. The third-order valence-electron chi connectivity index (χ3n) is 3.99. The number of aliphatic hydroxyl groups excluding tert-OH is 1. The number of rotatable bonds is 4. The first-order chi connectivity index (χ1) is 11.1. The summed E-state index contributed by atoms with van der Waals surface area (Å²) in [7, 11) is 2.00. The van der Waals surface area contributed by atoms with Gasteiger partial charge in [0.05, 0.1) is 10.6 Å². The second-order valence-corrected chi connectivity index (χ2v) is 6.93. The largest absolute Gasteiger partial charge is 0.364 e. The van der Waals surface area contributed by atoms with Gasteiger partial charge in [0.2, 0.25) is 5.95 Å². The molecule has 1 unspecified atom stereocenters. The third-order valence-corrected chi connectivity index (χ3v) is 4.89. The minimum atomic E-state index is -0.877. The molecule has 1 aromatic rings. The highest BCUT2D eigenvalue weighted by Crippen LogP contribution is 2.27. The average Bonchev–Trinajstić information content (AvgIpc) is 2.86. The van der Waals surface area contributed by atoms with Crippen LogP contribution in [0.1, 0.15) is 18.5 Å². The SMILES string of the molecule is CN(CC1CCNCC1)c1nccc(C=C2SC(O)NC2=O)n1. The van der Waals surface area contributed by atoms with E-state index < -0.39 is 5.56 Å². The molecule has 0 saturated carbocycles. The van der Waals surface area contributed by atoms with Gasteiger partial charge >= 0.3 is 0 Å². The van der Waals surface area contributed by atoms with Gasteiger partial charge in [-0.15, -0.1) is 0 Å². The molecule has 3 N–H and O–H groups in total. The molecule has 3 heterocycles. The molecular weight excluding hydrogens is 314 g/mol. The van der Waals surface area contributed by atoms with E-state index in [1.807, 2.05) is 7.05 Å². The van der Waals surface area contributed by atoms with Crippen molar-refractivity contribution in [2.75, 3.05) is 31.6 Å². The van der Waals surface area contributed by atoms with E-state index in [2.05, 4.69) is 25.5 Å². The molecule has 1 atom stereocenters. The van der Waals surface area contributed by atoms with Crippen molar-refractivity contribution in [1.29, 1.82) is 0 Å². The smallest absolute Gasteiger partial charge is 0.260 e. The van der Waals surface area contributed by atoms with Gasteiger partial charge in [-0.3, -0.25) is 4.79 Å². The summed E-state index contributed by atoms with van der Waals surface area (Å²) in [6, 6.07) is 1.76. The average molecular weight is 335 g/mol. The maximum Gasteiger partial charge on any atom is 0.260 e. The van der Waals surface area contributed by atoms with Crippen LogP contribution in [0.15, 0.2) is 17.2 Å².